The van der Waals surface area contributed by atoms with Crippen molar-refractivity contribution in [1.29, 1.82) is 0 Å². The lowest BCUT2D eigenvalue weighted by molar-refractivity contribution is -0.123. The molecular formula is C37H32BrN3O8S2. The van der Waals surface area contributed by atoms with Gasteiger partial charge in [0.25, 0.3) is 5.91 Å². The van der Waals surface area contributed by atoms with Gasteiger partial charge in [0.1, 0.15) is 11.5 Å². The van der Waals surface area contributed by atoms with E-state index < -0.39 is 23.7 Å². The zero-order chi connectivity index (χ0) is 35.6. The molecule has 3 amide bonds. The second kappa shape index (κ2) is 13.3. The van der Waals surface area contributed by atoms with Crippen molar-refractivity contribution in [2.24, 2.45) is 29.6 Å². The van der Waals surface area contributed by atoms with Crippen LogP contribution in [0.3, 0.4) is 0 Å². The minimum absolute atomic E-state index is 0.0146. The maximum Gasteiger partial charge on any atom is 0.338 e. The molecule has 14 heteroatoms. The number of hydrogen-bond donors (Lipinski definition) is 2. The van der Waals surface area contributed by atoms with Crippen LogP contribution < -0.4 is 24.6 Å². The molecule has 4 aromatic rings. The number of benzene rings is 3. The number of nitrogens with one attached hydrogen (secondary N) is 2. The van der Waals surface area contributed by atoms with Gasteiger partial charge in [-0.1, -0.05) is 27.3 Å². The summed E-state index contributed by atoms with van der Waals surface area (Å²) in [6.07, 6.45) is 0.739. The van der Waals surface area contributed by atoms with Gasteiger partial charge >= 0.3 is 10.8 Å². The summed E-state index contributed by atoms with van der Waals surface area (Å²) in [6, 6.07) is 19.0. The Morgan fingerprint density at radius 3 is 2.41 bits per heavy atom. The van der Waals surface area contributed by atoms with Gasteiger partial charge < -0.3 is 24.5 Å². The predicted octanol–water partition coefficient (Wildman–Crippen LogP) is 6.08. The highest BCUT2D eigenvalue weighted by Crippen LogP contribution is 2.69. The number of aromatic amines is 1. The van der Waals surface area contributed by atoms with E-state index in [4.69, 9.17) is 14.2 Å². The fourth-order valence-electron chi connectivity index (χ4n) is 8.49. The molecule has 3 aromatic carbocycles. The number of esters is 1. The number of halogens is 1. The number of ether oxygens (including phenoxy) is 3. The normalized spacial score (nSPS) is 25.6. The summed E-state index contributed by atoms with van der Waals surface area (Å²) in [5.74, 6) is -1.48. The first kappa shape index (κ1) is 33.7. The second-order valence-electron chi connectivity index (χ2n) is 13.0. The van der Waals surface area contributed by atoms with Crippen molar-refractivity contribution < 1.29 is 33.4 Å². The Morgan fingerprint density at radius 2 is 1.71 bits per heavy atom. The lowest BCUT2D eigenvalue weighted by Crippen LogP contribution is -2.42. The van der Waals surface area contributed by atoms with Gasteiger partial charge in [-0.25, -0.2) is 4.79 Å². The molecule has 2 aliphatic carbocycles. The number of anilines is 2. The molecule has 2 N–H and O–H groups in total. The van der Waals surface area contributed by atoms with E-state index in [1.807, 2.05) is 12.1 Å². The molecule has 2 bridgehead atoms. The molecule has 7 atom stereocenters. The Morgan fingerprint density at radius 1 is 0.980 bits per heavy atom. The maximum absolute atomic E-state index is 14.2. The fourth-order valence-corrected chi connectivity index (χ4v) is 11.7. The molecule has 2 aliphatic heterocycles. The summed E-state index contributed by atoms with van der Waals surface area (Å²) in [6.45, 7) is 1.71. The smallest absolute Gasteiger partial charge is 0.338 e. The molecule has 3 fully saturated rings. The van der Waals surface area contributed by atoms with Crippen molar-refractivity contribution in [2.45, 2.75) is 29.5 Å². The van der Waals surface area contributed by atoms with Gasteiger partial charge in [0.2, 0.25) is 11.8 Å². The number of nitrogens with zero attached hydrogens (tertiary/aromatic N) is 1. The van der Waals surface area contributed by atoms with Crippen molar-refractivity contribution in [3.8, 4) is 11.5 Å². The average Bonchev–Trinajstić information content (AvgIpc) is 3.87. The molecule has 4 aliphatic rings. The minimum Gasteiger partial charge on any atom is -0.497 e. The second-order valence-corrected chi connectivity index (χ2v) is 16.1. The first-order chi connectivity index (χ1) is 24.7. The summed E-state index contributed by atoms with van der Waals surface area (Å²) < 4.78 is 17.3. The SMILES string of the molecule is CCOC(=O)c1ccc(NC(=O)COc2ccc(Br)cc2[C@@H]2c3sc(=O)[nH]c3S[C@@H]3[C@@H]4C[C@@H]([C@@H]5C(=O)N(c6ccc(OC)cc6)C(=O)[C@@H]45)[C@H]23)cc1. The summed E-state index contributed by atoms with van der Waals surface area (Å²) >= 11 is 6.39. The van der Waals surface area contributed by atoms with E-state index in [0.717, 1.165) is 37.7 Å². The summed E-state index contributed by atoms with van der Waals surface area (Å²) in [5, 5.41) is 3.57. The number of amides is 3. The van der Waals surface area contributed by atoms with E-state index in [2.05, 4.69) is 26.2 Å². The Hall–Kier alpha value is -4.40. The van der Waals surface area contributed by atoms with Crippen LogP contribution in [-0.4, -0.2) is 54.2 Å². The highest BCUT2D eigenvalue weighted by Gasteiger charge is 2.70. The zero-order valence-electron chi connectivity index (χ0n) is 27.4. The molecule has 8 rings (SSSR count). The largest absolute Gasteiger partial charge is 0.497 e. The van der Waals surface area contributed by atoms with E-state index >= 15 is 0 Å². The van der Waals surface area contributed by atoms with Crippen LogP contribution in [0.5, 0.6) is 11.5 Å². The number of thioether (sulfide) groups is 1. The number of aromatic nitrogens is 1. The molecule has 2 saturated carbocycles. The molecule has 51 heavy (non-hydrogen) atoms. The van der Waals surface area contributed by atoms with Crippen LogP contribution in [0.25, 0.3) is 0 Å². The minimum atomic E-state index is -0.469. The summed E-state index contributed by atoms with van der Waals surface area (Å²) in [4.78, 5) is 71.1. The molecule has 0 unspecified atom stereocenters. The Kier molecular flexibility index (Phi) is 8.79. The van der Waals surface area contributed by atoms with Crippen molar-refractivity contribution >= 4 is 74.1 Å². The third-order valence-corrected chi connectivity index (χ3v) is 13.5. The van der Waals surface area contributed by atoms with Crippen molar-refractivity contribution in [1.82, 2.24) is 4.98 Å². The third kappa shape index (κ3) is 5.77. The standard InChI is InChI=1S/C37H32BrN3O8S2/c1-3-48-36(45)17-4-7-19(8-5-17)39-26(42)16-49-25-13-6-18(38)14-22(25)27-28-23-15-24(31(28)50-33-32(27)51-37(46)40-33)30-29(23)34(43)41(35(30)44)20-9-11-21(47-2)12-10-20/h4-14,23-24,27-31H,3,15-16H2,1-2H3,(H,39,42)(H,40,46)/t23-,24-,27+,28-,29+,30+,31-/m1/s1. The molecule has 1 saturated heterocycles. The molecule has 262 valence electrons. The van der Waals surface area contributed by atoms with Crippen LogP contribution in [0.4, 0.5) is 11.4 Å². The van der Waals surface area contributed by atoms with Gasteiger partial charge in [-0.2, -0.15) is 0 Å². The van der Waals surface area contributed by atoms with Gasteiger partial charge in [0.05, 0.1) is 41.8 Å². The van der Waals surface area contributed by atoms with Crippen molar-refractivity contribution in [3.05, 3.63) is 96.9 Å². The monoisotopic (exact) mass is 789 g/mol. The first-order valence-electron chi connectivity index (χ1n) is 16.6. The number of rotatable bonds is 9. The number of H-pyrrole nitrogens is 1. The van der Waals surface area contributed by atoms with Crippen LogP contribution in [-0.2, 0) is 19.1 Å². The highest BCUT2D eigenvalue weighted by molar-refractivity contribution is 9.10. The molecule has 1 aromatic heterocycles. The summed E-state index contributed by atoms with van der Waals surface area (Å²) in [5.41, 5.74) is 2.21. The first-order valence-corrected chi connectivity index (χ1v) is 19.1. The van der Waals surface area contributed by atoms with Crippen LogP contribution in [0, 0.1) is 29.6 Å². The molecule has 3 heterocycles. The van der Waals surface area contributed by atoms with E-state index in [-0.39, 0.29) is 58.8 Å². The lowest BCUT2D eigenvalue weighted by atomic mass is 9.68. The van der Waals surface area contributed by atoms with Gasteiger partial charge in [-0.05, 0) is 97.8 Å². The van der Waals surface area contributed by atoms with Crippen LogP contribution in [0.15, 0.2) is 81.0 Å². The predicted molar refractivity (Wildman–Crippen MR) is 195 cm³/mol. The maximum atomic E-state index is 14.2. The molecule has 0 spiro atoms. The van der Waals surface area contributed by atoms with E-state index in [1.165, 1.54) is 4.90 Å². The quantitative estimate of drug-likeness (QED) is 0.152. The number of methoxy groups -OCH3 is 1. The fraction of sp³-hybridized carbons (Fsp3) is 0.324. The average molecular weight is 791 g/mol. The number of carbonyl (C=O) groups excluding carboxylic acids is 4. The van der Waals surface area contributed by atoms with Crippen molar-refractivity contribution in [3.63, 3.8) is 0 Å². The van der Waals surface area contributed by atoms with Gasteiger partial charge in [0, 0.05) is 31.8 Å². The number of imide groups is 1. The van der Waals surface area contributed by atoms with Crippen LogP contribution >= 0.6 is 39.0 Å². The zero-order valence-corrected chi connectivity index (χ0v) is 30.6. The lowest BCUT2D eigenvalue weighted by Gasteiger charge is -2.43. The van der Waals surface area contributed by atoms with Gasteiger partial charge in [-0.3, -0.25) is 24.1 Å². The molecular weight excluding hydrogens is 758 g/mol. The Bertz CT molecular complexity index is 2120. The van der Waals surface area contributed by atoms with Gasteiger partial charge in [-0.15, -0.1) is 11.8 Å². The van der Waals surface area contributed by atoms with E-state index in [0.29, 0.717) is 28.4 Å². The van der Waals surface area contributed by atoms with Crippen molar-refractivity contribution in [2.75, 3.05) is 30.5 Å². The van der Waals surface area contributed by atoms with Gasteiger partial charge in [0.15, 0.2) is 6.61 Å². The third-order valence-electron chi connectivity index (χ3n) is 10.4. The Balaban J connectivity index is 1.08. The van der Waals surface area contributed by atoms with Crippen LogP contribution in [0.2, 0.25) is 0 Å². The number of thiazole rings is 1. The highest BCUT2D eigenvalue weighted by atomic mass is 79.9. The Labute approximate surface area is 309 Å². The van der Waals surface area contributed by atoms with Crippen LogP contribution in [0.1, 0.15) is 40.1 Å². The summed E-state index contributed by atoms with van der Waals surface area (Å²) in [7, 11) is 1.57. The topological polar surface area (TPSA) is 144 Å². The number of fused-ring (bicyclic) bond motifs is 9. The van der Waals surface area contributed by atoms with E-state index in [1.54, 1.807) is 80.4 Å². The molecule has 0 radical (unpaired) electrons. The molecule has 11 nitrogen and oxygen atoms in total. The van der Waals surface area contributed by atoms with E-state index in [9.17, 15) is 24.0 Å². The number of hydrogen-bond acceptors (Lipinski definition) is 10. The number of carbonyl (C=O) groups is 4.